The Morgan fingerprint density at radius 1 is 1.56 bits per heavy atom. The lowest BCUT2D eigenvalue weighted by Gasteiger charge is -2.12. The summed E-state index contributed by atoms with van der Waals surface area (Å²) in [5.41, 5.74) is 0.585. The van der Waals surface area contributed by atoms with Crippen molar-refractivity contribution in [3.05, 3.63) is 11.4 Å². The number of thioether (sulfide) groups is 1. The van der Waals surface area contributed by atoms with Crippen molar-refractivity contribution in [3.63, 3.8) is 0 Å². The molecule has 1 aromatic rings. The normalized spacial score (nSPS) is 13.8. The molecule has 0 aromatic carbocycles. The molecule has 0 saturated carbocycles. The van der Waals surface area contributed by atoms with Gasteiger partial charge in [-0.25, -0.2) is 13.1 Å². The fourth-order valence-corrected chi connectivity index (χ4v) is 3.80. The van der Waals surface area contributed by atoms with Crippen LogP contribution in [0.3, 0.4) is 0 Å². The van der Waals surface area contributed by atoms with Gasteiger partial charge in [0.25, 0.3) is 0 Å². The number of aromatic nitrogens is 2. The molecule has 104 valence electrons. The number of aromatic amines is 1. The Morgan fingerprint density at radius 3 is 2.78 bits per heavy atom. The summed E-state index contributed by atoms with van der Waals surface area (Å²) in [6.07, 6.45) is 1.98. The number of sulfonamides is 1. The van der Waals surface area contributed by atoms with Crippen molar-refractivity contribution in [1.29, 1.82) is 0 Å². The molecule has 0 aliphatic heterocycles. The minimum absolute atomic E-state index is 0.0568. The molecular formula is C10H19N3O3S2. The van der Waals surface area contributed by atoms with Crippen molar-refractivity contribution in [1.82, 2.24) is 14.9 Å². The molecule has 0 radical (unpaired) electrons. The van der Waals surface area contributed by atoms with Crippen molar-refractivity contribution in [3.8, 4) is 0 Å². The molecule has 0 saturated heterocycles. The Balaban J connectivity index is 2.83. The summed E-state index contributed by atoms with van der Waals surface area (Å²) in [5, 5.41) is 15.4. The van der Waals surface area contributed by atoms with E-state index in [-0.39, 0.29) is 16.5 Å². The van der Waals surface area contributed by atoms with Crippen LogP contribution >= 0.6 is 11.8 Å². The number of H-pyrrole nitrogens is 1. The van der Waals surface area contributed by atoms with Crippen LogP contribution in [0.4, 0.5) is 0 Å². The van der Waals surface area contributed by atoms with Gasteiger partial charge in [-0.05, 0) is 24.9 Å². The average molecular weight is 293 g/mol. The molecule has 0 aliphatic carbocycles. The number of rotatable bonds is 7. The molecule has 6 nitrogen and oxygen atoms in total. The third kappa shape index (κ3) is 3.71. The minimum atomic E-state index is -3.62. The summed E-state index contributed by atoms with van der Waals surface area (Å²) >= 11 is 1.68. The molecule has 0 aliphatic rings. The highest BCUT2D eigenvalue weighted by molar-refractivity contribution is 7.98. The molecule has 0 amide bonds. The van der Waals surface area contributed by atoms with E-state index in [0.29, 0.717) is 12.2 Å². The van der Waals surface area contributed by atoms with Gasteiger partial charge in [0.1, 0.15) is 10.6 Å². The van der Waals surface area contributed by atoms with Gasteiger partial charge in [0.05, 0.1) is 12.3 Å². The summed E-state index contributed by atoms with van der Waals surface area (Å²) in [6, 6.07) is 0. The number of nitrogens with one attached hydrogen (secondary N) is 2. The fourth-order valence-electron chi connectivity index (χ4n) is 1.60. The van der Waals surface area contributed by atoms with Crippen molar-refractivity contribution in [2.45, 2.75) is 25.3 Å². The van der Waals surface area contributed by atoms with Crippen LogP contribution in [-0.2, 0) is 16.6 Å². The molecular weight excluding hydrogens is 274 g/mol. The molecule has 1 rings (SSSR count). The SMILES string of the molecule is CSCC(C)CNS(=O)(=O)c1c(CO)n[nH]c1C. The van der Waals surface area contributed by atoms with Crippen molar-refractivity contribution in [2.75, 3.05) is 18.6 Å². The first-order valence-electron chi connectivity index (χ1n) is 5.55. The highest BCUT2D eigenvalue weighted by Crippen LogP contribution is 2.17. The fraction of sp³-hybridized carbons (Fsp3) is 0.700. The maximum atomic E-state index is 12.1. The highest BCUT2D eigenvalue weighted by Gasteiger charge is 2.24. The predicted octanol–water partition coefficient (Wildman–Crippen LogP) is 0.488. The zero-order valence-corrected chi connectivity index (χ0v) is 12.4. The van der Waals surface area contributed by atoms with Crippen LogP contribution in [0.25, 0.3) is 0 Å². The Bertz CT molecular complexity index is 485. The standard InChI is InChI=1S/C10H19N3O3S2/c1-7(6-17-3)4-11-18(15,16)10-8(2)12-13-9(10)5-14/h7,11,14H,4-6H2,1-3H3,(H,12,13). The number of hydrogen-bond acceptors (Lipinski definition) is 5. The van der Waals surface area contributed by atoms with E-state index >= 15 is 0 Å². The smallest absolute Gasteiger partial charge is 0.244 e. The van der Waals surface area contributed by atoms with Crippen LogP contribution in [-0.4, -0.2) is 42.3 Å². The summed E-state index contributed by atoms with van der Waals surface area (Å²) < 4.78 is 26.8. The van der Waals surface area contributed by atoms with E-state index in [9.17, 15) is 8.42 Å². The second kappa shape index (κ2) is 6.55. The Labute approximate surface area is 112 Å². The first-order chi connectivity index (χ1) is 8.42. The minimum Gasteiger partial charge on any atom is -0.390 e. The number of aryl methyl sites for hydroxylation is 1. The van der Waals surface area contributed by atoms with E-state index in [1.165, 1.54) is 0 Å². The molecule has 8 heteroatoms. The lowest BCUT2D eigenvalue weighted by molar-refractivity contribution is 0.273. The lowest BCUT2D eigenvalue weighted by atomic mass is 10.2. The molecule has 0 fully saturated rings. The van der Waals surface area contributed by atoms with Gasteiger partial charge < -0.3 is 5.11 Å². The molecule has 1 atom stereocenters. The van der Waals surface area contributed by atoms with Crippen LogP contribution in [0.1, 0.15) is 18.3 Å². The molecule has 0 bridgehead atoms. The van der Waals surface area contributed by atoms with Crippen molar-refractivity contribution >= 4 is 21.8 Å². The van der Waals surface area contributed by atoms with Crippen LogP contribution in [0.15, 0.2) is 4.90 Å². The van der Waals surface area contributed by atoms with Gasteiger partial charge in [-0.3, -0.25) is 5.10 Å². The molecule has 0 spiro atoms. The van der Waals surface area contributed by atoms with Gasteiger partial charge in [-0.2, -0.15) is 16.9 Å². The molecule has 1 heterocycles. The second-order valence-corrected chi connectivity index (χ2v) is 6.81. The topological polar surface area (TPSA) is 95.1 Å². The maximum absolute atomic E-state index is 12.1. The zero-order chi connectivity index (χ0) is 13.8. The molecule has 18 heavy (non-hydrogen) atoms. The number of hydrogen-bond donors (Lipinski definition) is 3. The Kier molecular flexibility index (Phi) is 5.64. The van der Waals surface area contributed by atoms with Gasteiger partial charge in [0.2, 0.25) is 10.0 Å². The molecule has 1 aromatic heterocycles. The molecule has 3 N–H and O–H groups in total. The summed E-state index contributed by atoms with van der Waals surface area (Å²) in [5.74, 6) is 1.14. The van der Waals surface area contributed by atoms with Crippen LogP contribution < -0.4 is 4.72 Å². The van der Waals surface area contributed by atoms with E-state index in [4.69, 9.17) is 5.11 Å². The predicted molar refractivity (Wildman–Crippen MR) is 72.0 cm³/mol. The number of aliphatic hydroxyl groups is 1. The average Bonchev–Trinajstić information content (AvgIpc) is 2.69. The van der Waals surface area contributed by atoms with E-state index in [1.54, 1.807) is 18.7 Å². The first kappa shape index (κ1) is 15.5. The van der Waals surface area contributed by atoms with Crippen LogP contribution in [0, 0.1) is 12.8 Å². The zero-order valence-electron chi connectivity index (χ0n) is 10.7. The summed E-state index contributed by atoms with van der Waals surface area (Å²) in [7, 11) is -3.62. The summed E-state index contributed by atoms with van der Waals surface area (Å²) in [6.45, 7) is 3.57. The van der Waals surface area contributed by atoms with Gasteiger partial charge in [0.15, 0.2) is 0 Å². The molecule has 1 unspecified atom stereocenters. The third-order valence-corrected chi connectivity index (χ3v) is 4.98. The van der Waals surface area contributed by atoms with Gasteiger partial charge in [0, 0.05) is 6.54 Å². The van der Waals surface area contributed by atoms with Gasteiger partial charge in [-0.1, -0.05) is 6.92 Å². The second-order valence-electron chi connectivity index (χ2n) is 4.19. The van der Waals surface area contributed by atoms with E-state index in [0.717, 1.165) is 5.75 Å². The van der Waals surface area contributed by atoms with Crippen molar-refractivity contribution in [2.24, 2.45) is 5.92 Å². The van der Waals surface area contributed by atoms with Crippen LogP contribution in [0.5, 0.6) is 0 Å². The quantitative estimate of drug-likeness (QED) is 0.680. The number of nitrogens with zero attached hydrogens (tertiary/aromatic N) is 1. The van der Waals surface area contributed by atoms with Crippen LogP contribution in [0.2, 0.25) is 0 Å². The van der Waals surface area contributed by atoms with E-state index in [1.807, 2.05) is 13.2 Å². The largest absolute Gasteiger partial charge is 0.390 e. The Hall–Kier alpha value is -0.570. The summed E-state index contributed by atoms with van der Waals surface area (Å²) in [4.78, 5) is 0.0568. The van der Waals surface area contributed by atoms with Gasteiger partial charge >= 0.3 is 0 Å². The number of aliphatic hydroxyl groups excluding tert-OH is 1. The first-order valence-corrected chi connectivity index (χ1v) is 8.43. The Morgan fingerprint density at radius 2 is 2.22 bits per heavy atom. The highest BCUT2D eigenvalue weighted by atomic mass is 32.2. The third-order valence-electron chi connectivity index (χ3n) is 2.45. The van der Waals surface area contributed by atoms with E-state index in [2.05, 4.69) is 14.9 Å². The monoisotopic (exact) mass is 293 g/mol. The van der Waals surface area contributed by atoms with Crippen molar-refractivity contribution < 1.29 is 13.5 Å². The van der Waals surface area contributed by atoms with E-state index < -0.39 is 16.6 Å². The lowest BCUT2D eigenvalue weighted by Crippen LogP contribution is -2.30. The van der Waals surface area contributed by atoms with Gasteiger partial charge in [-0.15, -0.1) is 0 Å². The maximum Gasteiger partial charge on any atom is 0.244 e.